The monoisotopic (exact) mass is 313 g/mol. The highest BCUT2D eigenvalue weighted by atomic mass is 79.9. The van der Waals surface area contributed by atoms with Gasteiger partial charge in [0.15, 0.2) is 0 Å². The summed E-state index contributed by atoms with van der Waals surface area (Å²) in [5.74, 6) is 0.0455. The molecule has 0 aromatic heterocycles. The van der Waals surface area contributed by atoms with E-state index in [0.29, 0.717) is 0 Å². The Bertz CT molecular complexity index is 673. The van der Waals surface area contributed by atoms with Crippen molar-refractivity contribution < 1.29 is 4.79 Å². The molecule has 0 radical (unpaired) electrons. The first-order chi connectivity index (χ1) is 9.16. The second kappa shape index (κ2) is 4.67. The van der Waals surface area contributed by atoms with Gasteiger partial charge in [-0.2, -0.15) is 0 Å². The van der Waals surface area contributed by atoms with Crippen molar-refractivity contribution in [2.45, 2.75) is 0 Å². The number of amides is 1. The van der Waals surface area contributed by atoms with Gasteiger partial charge in [-0.1, -0.05) is 46.3 Å². The molecule has 1 amide bonds. The van der Waals surface area contributed by atoms with Gasteiger partial charge in [0.25, 0.3) is 5.91 Å². The Morgan fingerprint density at radius 1 is 1.05 bits per heavy atom. The lowest BCUT2D eigenvalue weighted by atomic mass is 10.0. The van der Waals surface area contributed by atoms with Crippen LogP contribution in [0.3, 0.4) is 0 Å². The van der Waals surface area contributed by atoms with Gasteiger partial charge in [-0.25, -0.2) is 0 Å². The van der Waals surface area contributed by atoms with Crippen LogP contribution in [-0.4, -0.2) is 13.0 Å². The number of hydrogen-bond donors (Lipinski definition) is 0. The van der Waals surface area contributed by atoms with Gasteiger partial charge in [0, 0.05) is 22.7 Å². The van der Waals surface area contributed by atoms with Gasteiger partial charge in [0.1, 0.15) is 0 Å². The number of halogens is 1. The lowest BCUT2D eigenvalue weighted by molar-refractivity contribution is -0.112. The normalized spacial score (nSPS) is 16.0. The minimum atomic E-state index is 0.0455. The first kappa shape index (κ1) is 12.2. The molecule has 0 fully saturated rings. The molecule has 94 valence electrons. The summed E-state index contributed by atoms with van der Waals surface area (Å²) in [5, 5.41) is 0. The summed E-state index contributed by atoms with van der Waals surface area (Å²) in [6.07, 6.45) is 1.94. The van der Waals surface area contributed by atoms with Gasteiger partial charge in [0.2, 0.25) is 0 Å². The Kier molecular flexibility index (Phi) is 2.99. The molecule has 0 saturated carbocycles. The van der Waals surface area contributed by atoms with Crippen LogP contribution in [0.15, 0.2) is 53.0 Å². The van der Waals surface area contributed by atoms with E-state index in [1.54, 1.807) is 4.90 Å². The van der Waals surface area contributed by atoms with Crippen LogP contribution in [-0.2, 0) is 4.79 Å². The molecule has 2 aromatic carbocycles. The number of rotatable bonds is 1. The summed E-state index contributed by atoms with van der Waals surface area (Å²) in [6.45, 7) is 0. The standard InChI is InChI=1S/C16H12BrNO/c1-18-15-5-3-2-4-13(15)14(16(18)19)10-11-6-8-12(17)9-7-11/h2-10H,1H3/b14-10+. The molecule has 1 heterocycles. The number of carbonyl (C=O) groups excluding carboxylic acids is 1. The minimum absolute atomic E-state index is 0.0455. The smallest absolute Gasteiger partial charge is 0.258 e. The molecule has 0 N–H and O–H groups in total. The van der Waals surface area contributed by atoms with Crippen LogP contribution in [0.5, 0.6) is 0 Å². The molecule has 3 heteroatoms. The largest absolute Gasteiger partial charge is 0.311 e. The summed E-state index contributed by atoms with van der Waals surface area (Å²) >= 11 is 3.41. The Labute approximate surface area is 120 Å². The van der Waals surface area contributed by atoms with Crippen LogP contribution < -0.4 is 4.90 Å². The van der Waals surface area contributed by atoms with Crippen LogP contribution in [0.25, 0.3) is 11.6 Å². The summed E-state index contributed by atoms with van der Waals surface area (Å²) in [7, 11) is 1.81. The zero-order valence-electron chi connectivity index (χ0n) is 10.4. The van der Waals surface area contributed by atoms with E-state index >= 15 is 0 Å². The molecule has 0 atom stereocenters. The molecule has 2 nitrogen and oxygen atoms in total. The maximum atomic E-state index is 12.3. The topological polar surface area (TPSA) is 20.3 Å². The number of para-hydroxylation sites is 1. The fourth-order valence-corrected chi connectivity index (χ4v) is 2.53. The van der Waals surface area contributed by atoms with E-state index in [2.05, 4.69) is 15.9 Å². The van der Waals surface area contributed by atoms with Crippen LogP contribution in [0, 0.1) is 0 Å². The van der Waals surface area contributed by atoms with Gasteiger partial charge in [-0.15, -0.1) is 0 Å². The summed E-state index contributed by atoms with van der Waals surface area (Å²) in [5.41, 5.74) is 3.74. The fraction of sp³-hybridized carbons (Fsp3) is 0.0625. The van der Waals surface area contributed by atoms with Crippen molar-refractivity contribution >= 4 is 39.2 Å². The molecular weight excluding hydrogens is 302 g/mol. The SMILES string of the molecule is CN1C(=O)/C(=C/c2ccc(Br)cc2)c2ccccc21. The molecule has 3 rings (SSSR count). The first-order valence-corrected chi connectivity index (χ1v) is 6.81. The molecule has 1 aliphatic rings. The highest BCUT2D eigenvalue weighted by molar-refractivity contribution is 9.10. The highest BCUT2D eigenvalue weighted by Crippen LogP contribution is 2.36. The average molecular weight is 314 g/mol. The third-order valence-electron chi connectivity index (χ3n) is 3.27. The van der Waals surface area contributed by atoms with Crippen LogP contribution in [0.4, 0.5) is 5.69 Å². The summed E-state index contributed by atoms with van der Waals surface area (Å²) in [6, 6.07) is 15.8. The number of carbonyl (C=O) groups is 1. The third kappa shape index (κ3) is 2.10. The number of benzene rings is 2. The van der Waals surface area contributed by atoms with Crippen molar-refractivity contribution in [3.63, 3.8) is 0 Å². The molecule has 1 aliphatic heterocycles. The van der Waals surface area contributed by atoms with Crippen LogP contribution in [0.2, 0.25) is 0 Å². The lowest BCUT2D eigenvalue weighted by Gasteiger charge is -2.07. The molecule has 19 heavy (non-hydrogen) atoms. The van der Waals surface area contributed by atoms with E-state index < -0.39 is 0 Å². The van der Waals surface area contributed by atoms with Crippen molar-refractivity contribution in [3.8, 4) is 0 Å². The second-order valence-electron chi connectivity index (χ2n) is 4.49. The fourth-order valence-electron chi connectivity index (χ4n) is 2.26. The van der Waals surface area contributed by atoms with Crippen molar-refractivity contribution in [2.75, 3.05) is 11.9 Å². The van der Waals surface area contributed by atoms with Gasteiger partial charge < -0.3 is 4.90 Å². The maximum absolute atomic E-state index is 12.3. The van der Waals surface area contributed by atoms with E-state index in [-0.39, 0.29) is 5.91 Å². The highest BCUT2D eigenvalue weighted by Gasteiger charge is 2.28. The zero-order chi connectivity index (χ0) is 13.4. The van der Waals surface area contributed by atoms with E-state index in [1.807, 2.05) is 61.7 Å². The molecule has 0 spiro atoms. The third-order valence-corrected chi connectivity index (χ3v) is 3.80. The van der Waals surface area contributed by atoms with E-state index in [1.165, 1.54) is 0 Å². The average Bonchev–Trinajstić information content (AvgIpc) is 2.67. The van der Waals surface area contributed by atoms with Crippen molar-refractivity contribution in [2.24, 2.45) is 0 Å². The van der Waals surface area contributed by atoms with Crippen molar-refractivity contribution in [1.29, 1.82) is 0 Å². The van der Waals surface area contributed by atoms with Crippen LogP contribution >= 0.6 is 15.9 Å². The Hall–Kier alpha value is -1.87. The number of anilines is 1. The van der Waals surface area contributed by atoms with E-state index in [4.69, 9.17) is 0 Å². The Balaban J connectivity index is 2.10. The van der Waals surface area contributed by atoms with E-state index in [9.17, 15) is 4.79 Å². The molecule has 0 aliphatic carbocycles. The predicted octanol–water partition coefficient (Wildman–Crippen LogP) is 3.97. The summed E-state index contributed by atoms with van der Waals surface area (Å²) < 4.78 is 1.03. The molecular formula is C16H12BrNO. The number of hydrogen-bond acceptors (Lipinski definition) is 1. The lowest BCUT2D eigenvalue weighted by Crippen LogP contribution is -2.20. The van der Waals surface area contributed by atoms with E-state index in [0.717, 1.165) is 26.9 Å². The predicted molar refractivity (Wildman–Crippen MR) is 81.9 cm³/mol. The van der Waals surface area contributed by atoms with Gasteiger partial charge >= 0.3 is 0 Å². The number of nitrogens with zero attached hydrogens (tertiary/aromatic N) is 1. The van der Waals surface area contributed by atoms with Gasteiger partial charge in [0.05, 0.1) is 5.69 Å². The summed E-state index contributed by atoms with van der Waals surface area (Å²) in [4.78, 5) is 14.0. The molecule has 2 aromatic rings. The minimum Gasteiger partial charge on any atom is -0.311 e. The maximum Gasteiger partial charge on any atom is 0.258 e. The Morgan fingerprint density at radius 2 is 1.74 bits per heavy atom. The second-order valence-corrected chi connectivity index (χ2v) is 5.41. The molecule has 0 unspecified atom stereocenters. The van der Waals surface area contributed by atoms with Crippen molar-refractivity contribution in [1.82, 2.24) is 0 Å². The Morgan fingerprint density at radius 3 is 2.47 bits per heavy atom. The molecule has 0 bridgehead atoms. The first-order valence-electron chi connectivity index (χ1n) is 6.01. The van der Waals surface area contributed by atoms with Gasteiger partial charge in [-0.3, -0.25) is 4.79 Å². The van der Waals surface area contributed by atoms with Crippen molar-refractivity contribution in [3.05, 3.63) is 64.1 Å². The molecule has 0 saturated heterocycles. The number of fused-ring (bicyclic) bond motifs is 1. The number of likely N-dealkylation sites (N-methyl/N-ethyl adjacent to an activating group) is 1. The van der Waals surface area contributed by atoms with Crippen LogP contribution in [0.1, 0.15) is 11.1 Å². The van der Waals surface area contributed by atoms with Gasteiger partial charge in [-0.05, 0) is 29.8 Å². The quantitative estimate of drug-likeness (QED) is 0.730. The zero-order valence-corrected chi connectivity index (χ0v) is 12.0.